The molecule has 0 aromatic rings. The van der Waals surface area contributed by atoms with Gasteiger partial charge in [0.1, 0.15) is 0 Å². The fraction of sp³-hybridized carbons (Fsp3) is 0.938. The second kappa shape index (κ2) is 7.07. The van der Waals surface area contributed by atoms with Gasteiger partial charge in [0, 0.05) is 31.7 Å². The number of hydrogen-bond acceptors (Lipinski definition) is 4. The molecule has 0 radical (unpaired) electrons. The van der Waals surface area contributed by atoms with E-state index in [-0.39, 0.29) is 6.04 Å². The lowest BCUT2D eigenvalue weighted by molar-refractivity contribution is -0.130. The maximum Gasteiger partial charge on any atom is 0.239 e. The highest BCUT2D eigenvalue weighted by atomic mass is 16.2. The van der Waals surface area contributed by atoms with E-state index < -0.39 is 0 Å². The van der Waals surface area contributed by atoms with Gasteiger partial charge in [0.25, 0.3) is 0 Å². The molecule has 3 aliphatic rings. The molecule has 0 aliphatic carbocycles. The maximum absolute atomic E-state index is 11.5. The Morgan fingerprint density at radius 3 is 2.29 bits per heavy atom. The van der Waals surface area contributed by atoms with E-state index in [0.29, 0.717) is 11.9 Å². The van der Waals surface area contributed by atoms with Gasteiger partial charge in [-0.15, -0.1) is 0 Å². The summed E-state index contributed by atoms with van der Waals surface area (Å²) in [5.41, 5.74) is 0. The van der Waals surface area contributed by atoms with Crippen LogP contribution in [-0.2, 0) is 4.79 Å². The zero-order chi connectivity index (χ0) is 15.6. The molecule has 3 aliphatic heterocycles. The minimum atomic E-state index is 0.193. The Kier molecular flexibility index (Phi) is 5.63. The average molecular weight is 296 g/mol. The quantitative estimate of drug-likeness (QED) is 0.769. The molecule has 3 saturated heterocycles. The molecule has 0 aromatic heterocycles. The Bertz CT molecular complexity index is 362. The summed E-state index contributed by atoms with van der Waals surface area (Å²) in [4.78, 5) is 18.0. The zero-order valence-corrected chi connectivity index (χ0v) is 14.3. The summed E-state index contributed by atoms with van der Waals surface area (Å²) in [5, 5.41) is 3.33. The molecule has 5 nitrogen and oxygen atoms in total. The molecule has 5 heteroatoms. The van der Waals surface area contributed by atoms with Crippen LogP contribution in [0.15, 0.2) is 0 Å². The van der Waals surface area contributed by atoms with E-state index in [1.165, 1.54) is 19.4 Å². The van der Waals surface area contributed by atoms with Crippen LogP contribution in [-0.4, -0.2) is 86.1 Å². The summed E-state index contributed by atoms with van der Waals surface area (Å²) in [5.74, 6) is 0.315. The highest BCUT2D eigenvalue weighted by Crippen LogP contribution is 2.28. The minimum absolute atomic E-state index is 0.193. The van der Waals surface area contributed by atoms with Gasteiger partial charge in [-0.05, 0) is 60.3 Å². The molecule has 0 aromatic carbocycles. The Balaban J connectivity index is 0.000000155. The number of likely N-dealkylation sites (tertiary alicyclic amines) is 3. The normalized spacial score (nSPS) is 37.4. The number of nitrogens with one attached hydrogen (secondary N) is 1. The highest BCUT2D eigenvalue weighted by Gasteiger charge is 2.42. The fourth-order valence-electron chi connectivity index (χ4n) is 3.67. The largest absolute Gasteiger partial charge is 0.341 e. The van der Waals surface area contributed by atoms with Gasteiger partial charge in [0.05, 0.1) is 6.04 Å². The number of carbonyl (C=O) groups is 1. The van der Waals surface area contributed by atoms with Gasteiger partial charge < -0.3 is 15.1 Å². The highest BCUT2D eigenvalue weighted by molar-refractivity contribution is 5.84. The number of likely N-dealkylation sites (N-methyl/N-ethyl adjacent to an activating group) is 2. The first-order valence-corrected chi connectivity index (χ1v) is 8.28. The van der Waals surface area contributed by atoms with Crippen LogP contribution in [0.5, 0.6) is 0 Å². The summed E-state index contributed by atoms with van der Waals surface area (Å²) < 4.78 is 0. The topological polar surface area (TPSA) is 38.8 Å². The summed E-state index contributed by atoms with van der Waals surface area (Å²) in [6.07, 6.45) is 4.80. The third-order valence-corrected chi connectivity index (χ3v) is 5.64. The minimum Gasteiger partial charge on any atom is -0.341 e. The number of amides is 1. The van der Waals surface area contributed by atoms with Crippen molar-refractivity contribution in [3.8, 4) is 0 Å². The molecule has 122 valence electrons. The molecule has 4 atom stereocenters. The monoisotopic (exact) mass is 296 g/mol. The molecule has 0 spiro atoms. The van der Waals surface area contributed by atoms with E-state index in [0.717, 1.165) is 31.5 Å². The van der Waals surface area contributed by atoms with Gasteiger partial charge in [0.2, 0.25) is 5.91 Å². The Hall–Kier alpha value is -0.650. The van der Waals surface area contributed by atoms with Crippen molar-refractivity contribution in [1.29, 1.82) is 0 Å². The Morgan fingerprint density at radius 2 is 1.71 bits per heavy atom. The first kappa shape index (κ1) is 16.7. The number of fused-ring (bicyclic) bond motifs is 2. The van der Waals surface area contributed by atoms with Crippen molar-refractivity contribution >= 4 is 5.91 Å². The van der Waals surface area contributed by atoms with Crippen molar-refractivity contribution in [1.82, 2.24) is 20.0 Å². The van der Waals surface area contributed by atoms with E-state index >= 15 is 0 Å². The van der Waals surface area contributed by atoms with Crippen LogP contribution in [0.3, 0.4) is 0 Å². The molecule has 3 heterocycles. The van der Waals surface area contributed by atoms with Crippen molar-refractivity contribution in [2.24, 2.45) is 0 Å². The summed E-state index contributed by atoms with van der Waals surface area (Å²) in [6, 6.07) is 2.24. The van der Waals surface area contributed by atoms with Crippen LogP contribution in [0.2, 0.25) is 0 Å². The van der Waals surface area contributed by atoms with E-state index in [2.05, 4.69) is 36.1 Å². The lowest BCUT2D eigenvalue weighted by atomic mass is 9.99. The van der Waals surface area contributed by atoms with Gasteiger partial charge in [-0.2, -0.15) is 0 Å². The molecule has 0 saturated carbocycles. The number of piperidine rings is 2. The predicted molar refractivity (Wildman–Crippen MR) is 86.4 cm³/mol. The van der Waals surface area contributed by atoms with Gasteiger partial charge in [-0.25, -0.2) is 0 Å². The van der Waals surface area contributed by atoms with Crippen LogP contribution < -0.4 is 5.32 Å². The number of nitrogens with zero attached hydrogens (tertiary/aromatic N) is 3. The Morgan fingerprint density at radius 1 is 1.05 bits per heavy atom. The molecular formula is C16H32N4O. The first-order chi connectivity index (χ1) is 9.93. The van der Waals surface area contributed by atoms with Gasteiger partial charge in [0.15, 0.2) is 0 Å². The molecule has 4 unspecified atom stereocenters. The summed E-state index contributed by atoms with van der Waals surface area (Å²) in [6.45, 7) is 4.61. The van der Waals surface area contributed by atoms with Gasteiger partial charge >= 0.3 is 0 Å². The van der Waals surface area contributed by atoms with Crippen molar-refractivity contribution < 1.29 is 4.79 Å². The van der Waals surface area contributed by atoms with Crippen LogP contribution in [0, 0.1) is 0 Å². The van der Waals surface area contributed by atoms with Crippen molar-refractivity contribution in [3.63, 3.8) is 0 Å². The molecule has 1 N–H and O–H groups in total. The van der Waals surface area contributed by atoms with Gasteiger partial charge in [-0.1, -0.05) is 0 Å². The summed E-state index contributed by atoms with van der Waals surface area (Å²) >= 11 is 0. The number of rotatable bonds is 1. The van der Waals surface area contributed by atoms with E-state index in [1.54, 1.807) is 0 Å². The van der Waals surface area contributed by atoms with Crippen LogP contribution in [0.25, 0.3) is 0 Å². The third-order valence-electron chi connectivity index (χ3n) is 5.64. The van der Waals surface area contributed by atoms with Gasteiger partial charge in [-0.3, -0.25) is 9.69 Å². The second-order valence-electron chi connectivity index (χ2n) is 6.96. The van der Waals surface area contributed by atoms with Crippen LogP contribution >= 0.6 is 0 Å². The SMILES string of the molecule is CN1CCC2CC1C(=O)N2C.CNC1CCN(C)C(C)C1. The lowest BCUT2D eigenvalue weighted by Crippen LogP contribution is -2.44. The molecule has 2 bridgehead atoms. The van der Waals surface area contributed by atoms with Crippen molar-refractivity contribution in [2.75, 3.05) is 41.3 Å². The fourth-order valence-corrected chi connectivity index (χ4v) is 3.67. The lowest BCUT2D eigenvalue weighted by Gasteiger charge is -2.34. The number of hydrogen-bond donors (Lipinski definition) is 1. The van der Waals surface area contributed by atoms with E-state index in [1.807, 2.05) is 19.0 Å². The molecule has 3 fully saturated rings. The van der Waals surface area contributed by atoms with E-state index in [4.69, 9.17) is 0 Å². The third kappa shape index (κ3) is 3.76. The molecule has 21 heavy (non-hydrogen) atoms. The van der Waals surface area contributed by atoms with Crippen molar-refractivity contribution in [3.05, 3.63) is 0 Å². The first-order valence-electron chi connectivity index (χ1n) is 8.28. The van der Waals surface area contributed by atoms with Crippen molar-refractivity contribution in [2.45, 2.75) is 56.8 Å². The van der Waals surface area contributed by atoms with Crippen LogP contribution in [0.4, 0.5) is 0 Å². The van der Waals surface area contributed by atoms with Crippen LogP contribution in [0.1, 0.15) is 32.6 Å². The zero-order valence-electron chi connectivity index (χ0n) is 14.3. The number of carbonyl (C=O) groups excluding carboxylic acids is 1. The second-order valence-corrected chi connectivity index (χ2v) is 6.96. The average Bonchev–Trinajstić information content (AvgIpc) is 2.72. The molecular weight excluding hydrogens is 264 g/mol. The molecule has 3 rings (SSSR count). The Labute approximate surface area is 129 Å². The smallest absolute Gasteiger partial charge is 0.239 e. The standard InChI is InChI=1S/C8H14N2O.C8H18N2/c1-9-4-3-6-5-7(9)8(11)10(6)2;1-7-6-8(9-2)4-5-10(7)3/h6-7H,3-5H2,1-2H3;7-9H,4-6H2,1-3H3. The molecule has 1 amide bonds. The summed E-state index contributed by atoms with van der Waals surface area (Å²) in [7, 11) is 8.23. The predicted octanol–water partition coefficient (Wildman–Crippen LogP) is 0.610. The van der Waals surface area contributed by atoms with E-state index in [9.17, 15) is 4.79 Å². The maximum atomic E-state index is 11.5.